The van der Waals surface area contributed by atoms with Crippen LogP contribution in [0.2, 0.25) is 0 Å². The van der Waals surface area contributed by atoms with Crippen LogP contribution in [0.5, 0.6) is 0 Å². The lowest BCUT2D eigenvalue weighted by Gasteiger charge is -2.27. The second-order valence-corrected chi connectivity index (χ2v) is 4.49. The summed E-state index contributed by atoms with van der Waals surface area (Å²) in [6, 6.07) is 4.81. The second kappa shape index (κ2) is 5.66. The van der Waals surface area contributed by atoms with Gasteiger partial charge in [-0.2, -0.15) is 0 Å². The number of benzene rings is 1. The van der Waals surface area contributed by atoms with Gasteiger partial charge >= 0.3 is 18.0 Å². The van der Waals surface area contributed by atoms with Gasteiger partial charge in [-0.3, -0.25) is 0 Å². The van der Waals surface area contributed by atoms with Crippen LogP contribution in [0, 0.1) is 0 Å². The van der Waals surface area contributed by atoms with Gasteiger partial charge in [-0.1, -0.05) is 12.1 Å². The quantitative estimate of drug-likeness (QED) is 0.725. The van der Waals surface area contributed by atoms with Gasteiger partial charge in [-0.15, -0.1) is 0 Å². The number of carbonyl (C=O) groups excluding carboxylic acids is 2. The zero-order valence-electron chi connectivity index (χ0n) is 11.5. The summed E-state index contributed by atoms with van der Waals surface area (Å²) >= 11 is 0. The maximum absolute atomic E-state index is 11.9. The summed E-state index contributed by atoms with van der Waals surface area (Å²) in [6.07, 6.45) is 0. The van der Waals surface area contributed by atoms with E-state index in [2.05, 4.69) is 10.6 Å². The molecule has 1 aromatic rings. The van der Waals surface area contributed by atoms with Gasteiger partial charge in [0.2, 0.25) is 0 Å². The summed E-state index contributed by atoms with van der Waals surface area (Å²) in [5.74, 6) is -1.61. The first-order valence-electron chi connectivity index (χ1n) is 6.14. The van der Waals surface area contributed by atoms with Gasteiger partial charge in [0.15, 0.2) is 0 Å². The lowest BCUT2D eigenvalue weighted by molar-refractivity contribution is -0.136. The van der Waals surface area contributed by atoms with Crippen LogP contribution in [0.1, 0.15) is 28.9 Å². The van der Waals surface area contributed by atoms with Crippen LogP contribution in [-0.2, 0) is 9.53 Å². The van der Waals surface area contributed by atoms with Crippen molar-refractivity contribution in [3.8, 4) is 0 Å². The highest BCUT2D eigenvalue weighted by atomic mass is 16.5. The lowest BCUT2D eigenvalue weighted by Crippen LogP contribution is -2.45. The van der Waals surface area contributed by atoms with Gasteiger partial charge in [0.25, 0.3) is 0 Å². The Labute approximate surface area is 120 Å². The topological polar surface area (TPSA) is 105 Å². The van der Waals surface area contributed by atoms with E-state index < -0.39 is 24.0 Å². The Morgan fingerprint density at radius 2 is 1.86 bits per heavy atom. The Kier molecular flexibility index (Phi) is 3.93. The monoisotopic (exact) mass is 290 g/mol. The minimum absolute atomic E-state index is 0.124. The van der Waals surface area contributed by atoms with Crippen molar-refractivity contribution >= 4 is 18.0 Å². The number of amides is 2. The minimum Gasteiger partial charge on any atom is -0.478 e. The molecule has 21 heavy (non-hydrogen) atoms. The van der Waals surface area contributed by atoms with E-state index in [0.29, 0.717) is 11.3 Å². The number of ether oxygens (including phenoxy) is 1. The molecule has 1 aliphatic rings. The zero-order chi connectivity index (χ0) is 15.6. The number of urea groups is 1. The van der Waals surface area contributed by atoms with Crippen LogP contribution >= 0.6 is 0 Å². The van der Waals surface area contributed by atoms with Crippen molar-refractivity contribution in [3.63, 3.8) is 0 Å². The maximum atomic E-state index is 11.9. The maximum Gasteiger partial charge on any atom is 0.337 e. The Morgan fingerprint density at radius 1 is 1.24 bits per heavy atom. The average molecular weight is 290 g/mol. The van der Waals surface area contributed by atoms with Crippen molar-refractivity contribution in [3.05, 3.63) is 46.7 Å². The number of hydrogen-bond donors (Lipinski definition) is 3. The Hall–Kier alpha value is -2.83. The molecule has 1 aromatic carbocycles. The molecule has 7 heteroatoms. The van der Waals surface area contributed by atoms with Crippen LogP contribution in [0.25, 0.3) is 0 Å². The highest BCUT2D eigenvalue weighted by Gasteiger charge is 2.31. The Morgan fingerprint density at radius 3 is 2.38 bits per heavy atom. The molecule has 0 radical (unpaired) electrons. The molecule has 1 atom stereocenters. The van der Waals surface area contributed by atoms with Crippen molar-refractivity contribution in [1.29, 1.82) is 0 Å². The van der Waals surface area contributed by atoms with E-state index >= 15 is 0 Å². The summed E-state index contributed by atoms with van der Waals surface area (Å²) in [7, 11) is 1.25. The van der Waals surface area contributed by atoms with Gasteiger partial charge in [-0.25, -0.2) is 14.4 Å². The van der Waals surface area contributed by atoms with Gasteiger partial charge in [-0.05, 0) is 24.6 Å². The summed E-state index contributed by atoms with van der Waals surface area (Å²) in [4.78, 5) is 34.3. The van der Waals surface area contributed by atoms with E-state index in [-0.39, 0.29) is 11.1 Å². The van der Waals surface area contributed by atoms with Crippen molar-refractivity contribution in [2.24, 2.45) is 0 Å². The molecule has 0 bridgehead atoms. The molecule has 0 saturated heterocycles. The lowest BCUT2D eigenvalue weighted by atomic mass is 9.95. The molecule has 110 valence electrons. The van der Waals surface area contributed by atoms with Crippen molar-refractivity contribution in [2.75, 3.05) is 7.11 Å². The van der Waals surface area contributed by atoms with E-state index in [9.17, 15) is 14.4 Å². The number of methoxy groups -OCH3 is 1. The number of carboxylic acids is 1. The molecule has 3 N–H and O–H groups in total. The predicted molar refractivity (Wildman–Crippen MR) is 72.5 cm³/mol. The average Bonchev–Trinajstić information content (AvgIpc) is 2.45. The zero-order valence-corrected chi connectivity index (χ0v) is 11.5. The number of carbonyl (C=O) groups is 3. The molecule has 2 rings (SSSR count). The van der Waals surface area contributed by atoms with E-state index in [0.717, 1.165) is 0 Å². The van der Waals surface area contributed by atoms with Crippen LogP contribution in [0.15, 0.2) is 35.5 Å². The number of allylic oxidation sites excluding steroid dienone is 1. The van der Waals surface area contributed by atoms with Gasteiger partial charge in [0.1, 0.15) is 0 Å². The molecule has 0 aliphatic carbocycles. The van der Waals surface area contributed by atoms with E-state index in [4.69, 9.17) is 9.84 Å². The summed E-state index contributed by atoms with van der Waals surface area (Å²) in [5.41, 5.74) is 1.40. The number of carboxylic acid groups (broad SMARTS) is 1. The fourth-order valence-electron chi connectivity index (χ4n) is 2.14. The first-order chi connectivity index (χ1) is 9.93. The fraction of sp³-hybridized carbons (Fsp3) is 0.214. The van der Waals surface area contributed by atoms with E-state index in [1.54, 1.807) is 19.1 Å². The number of hydrogen-bond acceptors (Lipinski definition) is 4. The second-order valence-electron chi connectivity index (χ2n) is 4.49. The third-order valence-electron chi connectivity index (χ3n) is 3.17. The highest BCUT2D eigenvalue weighted by molar-refractivity contribution is 5.95. The molecular formula is C14H14N2O5. The van der Waals surface area contributed by atoms with E-state index in [1.165, 1.54) is 19.2 Å². The molecule has 1 heterocycles. The summed E-state index contributed by atoms with van der Waals surface area (Å²) in [6.45, 7) is 1.60. The van der Waals surface area contributed by atoms with Gasteiger partial charge in [0.05, 0.1) is 24.3 Å². The highest BCUT2D eigenvalue weighted by Crippen LogP contribution is 2.27. The van der Waals surface area contributed by atoms with Crippen LogP contribution in [-0.4, -0.2) is 30.2 Å². The summed E-state index contributed by atoms with van der Waals surface area (Å²) < 4.78 is 4.73. The van der Waals surface area contributed by atoms with Crippen LogP contribution in [0.3, 0.4) is 0 Å². The minimum atomic E-state index is -1.05. The van der Waals surface area contributed by atoms with Crippen molar-refractivity contribution in [1.82, 2.24) is 10.6 Å². The van der Waals surface area contributed by atoms with Crippen molar-refractivity contribution < 1.29 is 24.2 Å². The number of esters is 1. The molecule has 0 fully saturated rings. The third kappa shape index (κ3) is 2.86. The smallest absolute Gasteiger partial charge is 0.337 e. The van der Waals surface area contributed by atoms with Crippen LogP contribution < -0.4 is 10.6 Å². The number of aromatic carboxylic acids is 1. The molecule has 0 unspecified atom stereocenters. The predicted octanol–water partition coefficient (Wildman–Crippen LogP) is 1.19. The molecular weight excluding hydrogens is 276 g/mol. The van der Waals surface area contributed by atoms with Crippen molar-refractivity contribution in [2.45, 2.75) is 13.0 Å². The molecule has 2 amide bonds. The largest absolute Gasteiger partial charge is 0.478 e. The fourth-order valence-corrected chi connectivity index (χ4v) is 2.14. The Bertz CT molecular complexity index is 633. The third-order valence-corrected chi connectivity index (χ3v) is 3.17. The molecule has 0 saturated carbocycles. The normalized spacial score (nSPS) is 17.8. The first-order valence-corrected chi connectivity index (χ1v) is 6.14. The molecule has 7 nitrogen and oxygen atoms in total. The van der Waals surface area contributed by atoms with Crippen LogP contribution in [0.4, 0.5) is 4.79 Å². The van der Waals surface area contributed by atoms with E-state index in [1.807, 2.05) is 0 Å². The number of nitrogens with one attached hydrogen (secondary N) is 2. The molecule has 0 aromatic heterocycles. The SMILES string of the molecule is COC(=O)C1=C(C)NC(=O)N[C@@H]1c1ccc(C(=O)O)cc1. The molecule has 0 spiro atoms. The van der Waals surface area contributed by atoms with Gasteiger partial charge in [0, 0.05) is 5.70 Å². The Balaban J connectivity index is 2.43. The number of rotatable bonds is 3. The first kappa shape index (κ1) is 14.6. The standard InChI is InChI=1S/C14H14N2O5/c1-7-10(13(19)21-2)11(16-14(20)15-7)8-3-5-9(6-4-8)12(17)18/h3-6,11H,1-2H3,(H,17,18)(H2,15,16,20)/t11-/m1/s1. The molecule has 1 aliphatic heterocycles. The summed E-state index contributed by atoms with van der Waals surface area (Å²) in [5, 5.41) is 14.0. The van der Waals surface area contributed by atoms with Gasteiger partial charge < -0.3 is 20.5 Å².